The van der Waals surface area contributed by atoms with Crippen LogP contribution in [0.25, 0.3) is 0 Å². The Morgan fingerprint density at radius 3 is 3.18 bits per heavy atom. The summed E-state index contributed by atoms with van der Waals surface area (Å²) in [7, 11) is 0. The molecule has 0 unspecified atom stereocenters. The van der Waals surface area contributed by atoms with Crippen molar-refractivity contribution in [1.29, 1.82) is 0 Å². The molecule has 1 aliphatic heterocycles. The zero-order chi connectivity index (χ0) is 7.68. The van der Waals surface area contributed by atoms with Gasteiger partial charge in [-0.05, 0) is 6.07 Å². The Hall–Kier alpha value is -1.58. The quantitative estimate of drug-likeness (QED) is 0.465. The molecule has 2 heterocycles. The highest BCUT2D eigenvalue weighted by atomic mass is 16.1. The second-order valence-corrected chi connectivity index (χ2v) is 2.19. The first-order chi connectivity index (χ1) is 5.36. The zero-order valence-electron chi connectivity index (χ0n) is 5.69. The van der Waals surface area contributed by atoms with Crippen LogP contribution in [-0.2, 0) is 4.79 Å². The molecule has 0 aliphatic carbocycles. The molecule has 0 atom stereocenters. The van der Waals surface area contributed by atoms with Gasteiger partial charge >= 0.3 is 0 Å². The van der Waals surface area contributed by atoms with Crippen LogP contribution in [0, 0.1) is 0 Å². The van der Waals surface area contributed by atoms with Crippen molar-refractivity contribution in [2.24, 2.45) is 9.98 Å². The van der Waals surface area contributed by atoms with E-state index in [0.29, 0.717) is 5.36 Å². The standard InChI is InChI=1S/C7H5N3O/c11-7-4-9-5-1-2-8-3-6(5)10-7/h1-3H,4H2. The first kappa shape index (κ1) is 6.15. The van der Waals surface area contributed by atoms with E-state index >= 15 is 0 Å². The molecule has 0 N–H and O–H groups in total. The molecule has 2 rings (SSSR count). The topological polar surface area (TPSA) is 54.7 Å². The molecule has 0 saturated carbocycles. The highest BCUT2D eigenvalue weighted by Gasteiger charge is 2.01. The summed E-state index contributed by atoms with van der Waals surface area (Å²) in [4.78, 5) is 22.3. The van der Waals surface area contributed by atoms with Crippen LogP contribution in [0.2, 0.25) is 0 Å². The van der Waals surface area contributed by atoms with E-state index in [2.05, 4.69) is 15.0 Å². The van der Waals surface area contributed by atoms with Crippen LogP contribution >= 0.6 is 0 Å². The van der Waals surface area contributed by atoms with Crippen molar-refractivity contribution in [2.75, 3.05) is 6.54 Å². The van der Waals surface area contributed by atoms with E-state index in [4.69, 9.17) is 0 Å². The van der Waals surface area contributed by atoms with Gasteiger partial charge in [0.1, 0.15) is 11.9 Å². The number of hydrogen-bond donors (Lipinski definition) is 0. The number of fused-ring (bicyclic) bond motifs is 1. The van der Waals surface area contributed by atoms with Gasteiger partial charge in [-0.15, -0.1) is 0 Å². The van der Waals surface area contributed by atoms with Crippen LogP contribution in [0.3, 0.4) is 0 Å². The van der Waals surface area contributed by atoms with Gasteiger partial charge in [0.05, 0.1) is 11.6 Å². The smallest absolute Gasteiger partial charge is 0.268 e. The third-order valence-electron chi connectivity index (χ3n) is 1.41. The van der Waals surface area contributed by atoms with E-state index in [0.717, 1.165) is 5.36 Å². The minimum Gasteiger partial charge on any atom is -0.273 e. The minimum absolute atomic E-state index is 0.164. The third-order valence-corrected chi connectivity index (χ3v) is 1.41. The fourth-order valence-electron chi connectivity index (χ4n) is 0.921. The van der Waals surface area contributed by atoms with Crippen LogP contribution in [-0.4, -0.2) is 17.4 Å². The Kier molecular flexibility index (Phi) is 1.25. The molecule has 1 amide bonds. The summed E-state index contributed by atoms with van der Waals surface area (Å²) in [5.41, 5.74) is 0. The monoisotopic (exact) mass is 147 g/mol. The Bertz CT molecular complexity index is 410. The van der Waals surface area contributed by atoms with Gasteiger partial charge in [-0.25, -0.2) is 4.99 Å². The number of rotatable bonds is 0. The average molecular weight is 147 g/mol. The highest BCUT2D eigenvalue weighted by molar-refractivity contribution is 5.79. The van der Waals surface area contributed by atoms with Gasteiger partial charge in [0.2, 0.25) is 0 Å². The minimum atomic E-state index is -0.203. The zero-order valence-corrected chi connectivity index (χ0v) is 5.69. The number of amides is 1. The lowest BCUT2D eigenvalue weighted by Crippen LogP contribution is -2.31. The van der Waals surface area contributed by atoms with Crippen molar-refractivity contribution in [3.05, 3.63) is 29.2 Å². The lowest BCUT2D eigenvalue weighted by atomic mass is 10.4. The predicted molar refractivity (Wildman–Crippen MR) is 36.4 cm³/mol. The summed E-state index contributed by atoms with van der Waals surface area (Å²) in [6.45, 7) is 0.164. The number of aromatic nitrogens is 1. The van der Waals surface area contributed by atoms with Gasteiger partial charge in [0.25, 0.3) is 5.91 Å². The Morgan fingerprint density at radius 2 is 2.27 bits per heavy atom. The summed E-state index contributed by atoms with van der Waals surface area (Å²) < 4.78 is 0. The number of pyridine rings is 1. The van der Waals surface area contributed by atoms with E-state index in [1.165, 1.54) is 6.20 Å². The van der Waals surface area contributed by atoms with E-state index in [9.17, 15) is 4.79 Å². The van der Waals surface area contributed by atoms with Gasteiger partial charge in [0.15, 0.2) is 0 Å². The molecule has 0 bridgehead atoms. The largest absolute Gasteiger partial charge is 0.273 e. The molecule has 0 saturated heterocycles. The van der Waals surface area contributed by atoms with Crippen molar-refractivity contribution in [3.63, 3.8) is 0 Å². The third kappa shape index (κ3) is 1.02. The summed E-state index contributed by atoms with van der Waals surface area (Å²) in [5.74, 6) is -0.203. The Morgan fingerprint density at radius 1 is 1.36 bits per heavy atom. The van der Waals surface area contributed by atoms with Crippen molar-refractivity contribution < 1.29 is 4.79 Å². The highest BCUT2D eigenvalue weighted by Crippen LogP contribution is 1.78. The number of carbonyl (C=O) groups is 1. The van der Waals surface area contributed by atoms with Gasteiger partial charge in [-0.1, -0.05) is 0 Å². The maximum atomic E-state index is 10.7. The fourth-order valence-corrected chi connectivity index (χ4v) is 0.921. The fraction of sp³-hybridized carbons (Fsp3) is 0.143. The van der Waals surface area contributed by atoms with Gasteiger partial charge in [0, 0.05) is 6.20 Å². The lowest BCUT2D eigenvalue weighted by Gasteiger charge is -1.95. The first-order valence-corrected chi connectivity index (χ1v) is 3.22. The normalized spacial score (nSPS) is 14.7. The molecule has 0 spiro atoms. The molecule has 1 aliphatic rings. The maximum Gasteiger partial charge on any atom is 0.268 e. The Balaban J connectivity index is 2.83. The molecular formula is C7H5N3O. The van der Waals surface area contributed by atoms with Crippen LogP contribution in [0.1, 0.15) is 0 Å². The van der Waals surface area contributed by atoms with Gasteiger partial charge in [-0.2, -0.15) is 0 Å². The summed E-state index contributed by atoms with van der Waals surface area (Å²) in [5, 5.41) is 1.32. The number of hydrogen-bond acceptors (Lipinski definition) is 3. The maximum absolute atomic E-state index is 10.7. The molecule has 4 heteroatoms. The molecular weight excluding hydrogens is 142 g/mol. The molecule has 4 nitrogen and oxygen atoms in total. The van der Waals surface area contributed by atoms with Crippen molar-refractivity contribution in [2.45, 2.75) is 0 Å². The molecule has 0 radical (unpaired) electrons. The van der Waals surface area contributed by atoms with E-state index in [1.54, 1.807) is 12.3 Å². The summed E-state index contributed by atoms with van der Waals surface area (Å²) in [6.07, 6.45) is 3.17. The molecule has 54 valence electrons. The second-order valence-electron chi connectivity index (χ2n) is 2.19. The van der Waals surface area contributed by atoms with Gasteiger partial charge < -0.3 is 0 Å². The second kappa shape index (κ2) is 2.23. The molecule has 11 heavy (non-hydrogen) atoms. The van der Waals surface area contributed by atoms with Crippen molar-refractivity contribution in [3.8, 4) is 0 Å². The van der Waals surface area contributed by atoms with Crippen LogP contribution < -0.4 is 10.7 Å². The van der Waals surface area contributed by atoms with Crippen molar-refractivity contribution >= 4 is 5.91 Å². The van der Waals surface area contributed by atoms with Crippen LogP contribution in [0.15, 0.2) is 28.4 Å². The molecule has 0 fully saturated rings. The summed E-state index contributed by atoms with van der Waals surface area (Å²) in [6, 6.07) is 1.74. The van der Waals surface area contributed by atoms with E-state index in [1.807, 2.05) is 0 Å². The number of carbonyl (C=O) groups excluding carboxylic acids is 1. The predicted octanol–water partition coefficient (Wildman–Crippen LogP) is -1.14. The molecule has 0 aromatic carbocycles. The van der Waals surface area contributed by atoms with E-state index < -0.39 is 0 Å². The van der Waals surface area contributed by atoms with Gasteiger partial charge in [-0.3, -0.25) is 14.8 Å². The van der Waals surface area contributed by atoms with Crippen molar-refractivity contribution in [1.82, 2.24) is 4.98 Å². The van der Waals surface area contributed by atoms with Crippen LogP contribution in [0.4, 0.5) is 0 Å². The Labute approximate surface area is 62.3 Å². The van der Waals surface area contributed by atoms with Crippen LogP contribution in [0.5, 0.6) is 0 Å². The number of nitrogens with zero attached hydrogens (tertiary/aromatic N) is 3. The first-order valence-electron chi connectivity index (χ1n) is 3.22. The SMILES string of the molecule is O=C1CN=c2ccncc2=N1. The molecule has 1 aromatic heterocycles. The average Bonchev–Trinajstić information content (AvgIpc) is 2.04. The summed E-state index contributed by atoms with van der Waals surface area (Å²) >= 11 is 0. The van der Waals surface area contributed by atoms with E-state index in [-0.39, 0.29) is 12.5 Å². The lowest BCUT2D eigenvalue weighted by molar-refractivity contribution is -0.116. The molecule has 1 aromatic rings.